The number of nitrogens with zero attached hydrogens (tertiary/aromatic N) is 3. The van der Waals surface area contributed by atoms with Gasteiger partial charge in [-0.25, -0.2) is 4.98 Å². The second-order valence-electron chi connectivity index (χ2n) is 6.33. The number of carbonyl (C=O) groups is 1. The molecule has 126 valence electrons. The first kappa shape index (κ1) is 16.6. The van der Waals surface area contributed by atoms with Gasteiger partial charge in [0.25, 0.3) is 5.91 Å². The zero-order chi connectivity index (χ0) is 16.8. The van der Waals surface area contributed by atoms with E-state index in [1.165, 1.54) is 44.1 Å². The predicted octanol–water partition coefficient (Wildman–Crippen LogP) is 2.70. The highest BCUT2D eigenvalue weighted by Gasteiger charge is 2.13. The highest BCUT2D eigenvalue weighted by atomic mass is 16.1. The number of rotatable bonds is 5. The van der Waals surface area contributed by atoms with Gasteiger partial charge in [0.2, 0.25) is 0 Å². The number of hydrogen-bond acceptors (Lipinski definition) is 4. The van der Waals surface area contributed by atoms with Gasteiger partial charge in [0.15, 0.2) is 0 Å². The Morgan fingerprint density at radius 3 is 2.54 bits per heavy atom. The van der Waals surface area contributed by atoms with Crippen LogP contribution in [0.15, 0.2) is 36.7 Å². The minimum Gasteiger partial charge on any atom is -0.347 e. The maximum atomic E-state index is 12.2. The van der Waals surface area contributed by atoms with Crippen molar-refractivity contribution in [2.24, 2.45) is 0 Å². The monoisotopic (exact) mass is 324 g/mol. The fraction of sp³-hybridized carbons (Fsp3) is 0.421. The van der Waals surface area contributed by atoms with E-state index in [1.54, 1.807) is 6.20 Å². The molecule has 1 aliphatic heterocycles. The lowest BCUT2D eigenvalue weighted by Crippen LogP contribution is -2.30. The van der Waals surface area contributed by atoms with Crippen LogP contribution in [0.3, 0.4) is 0 Å². The average molecular weight is 324 g/mol. The molecule has 5 heteroatoms. The Balaban J connectivity index is 1.62. The van der Waals surface area contributed by atoms with Gasteiger partial charge in [0.1, 0.15) is 5.69 Å². The Kier molecular flexibility index (Phi) is 5.54. The zero-order valence-electron chi connectivity index (χ0n) is 14.2. The number of aromatic nitrogens is 2. The fourth-order valence-corrected chi connectivity index (χ4v) is 3.02. The van der Waals surface area contributed by atoms with E-state index in [0.29, 0.717) is 12.2 Å². The van der Waals surface area contributed by atoms with Gasteiger partial charge in [-0.3, -0.25) is 14.7 Å². The van der Waals surface area contributed by atoms with Crippen molar-refractivity contribution in [3.05, 3.63) is 59.2 Å². The quantitative estimate of drug-likeness (QED) is 0.919. The Morgan fingerprint density at radius 2 is 1.83 bits per heavy atom. The molecule has 0 unspecified atom stereocenters. The van der Waals surface area contributed by atoms with Crippen molar-refractivity contribution in [1.29, 1.82) is 0 Å². The molecule has 0 spiro atoms. The highest BCUT2D eigenvalue weighted by Crippen LogP contribution is 2.16. The molecular weight excluding hydrogens is 300 g/mol. The molecule has 3 rings (SSSR count). The van der Waals surface area contributed by atoms with Gasteiger partial charge in [0.05, 0.1) is 11.9 Å². The van der Waals surface area contributed by atoms with Crippen LogP contribution < -0.4 is 5.32 Å². The van der Waals surface area contributed by atoms with Gasteiger partial charge in [-0.2, -0.15) is 0 Å². The summed E-state index contributed by atoms with van der Waals surface area (Å²) in [5, 5.41) is 2.95. The number of piperidine rings is 1. The molecular formula is C19H24N4O. The van der Waals surface area contributed by atoms with Crippen molar-refractivity contribution in [3.8, 4) is 0 Å². The van der Waals surface area contributed by atoms with E-state index in [-0.39, 0.29) is 5.91 Å². The van der Waals surface area contributed by atoms with Crippen molar-refractivity contribution in [1.82, 2.24) is 20.2 Å². The molecule has 1 aromatic carbocycles. The van der Waals surface area contributed by atoms with Gasteiger partial charge < -0.3 is 5.32 Å². The third-order valence-electron chi connectivity index (χ3n) is 4.41. The van der Waals surface area contributed by atoms with Crippen LogP contribution in [-0.4, -0.2) is 33.9 Å². The van der Waals surface area contributed by atoms with Crippen LogP contribution in [0.2, 0.25) is 0 Å². The van der Waals surface area contributed by atoms with Crippen LogP contribution in [0.4, 0.5) is 0 Å². The topological polar surface area (TPSA) is 58.1 Å². The maximum absolute atomic E-state index is 12.2. The molecule has 0 saturated carbocycles. The van der Waals surface area contributed by atoms with Crippen LogP contribution in [0.5, 0.6) is 0 Å². The average Bonchev–Trinajstić information content (AvgIpc) is 2.62. The fourth-order valence-electron chi connectivity index (χ4n) is 3.02. The van der Waals surface area contributed by atoms with E-state index in [9.17, 15) is 4.79 Å². The van der Waals surface area contributed by atoms with Crippen molar-refractivity contribution < 1.29 is 4.79 Å². The summed E-state index contributed by atoms with van der Waals surface area (Å²) in [4.78, 5) is 22.9. The first-order valence-corrected chi connectivity index (χ1v) is 8.58. The van der Waals surface area contributed by atoms with E-state index in [4.69, 9.17) is 0 Å². The van der Waals surface area contributed by atoms with E-state index < -0.39 is 0 Å². The molecule has 1 N–H and O–H groups in total. The number of aryl methyl sites for hydroxylation is 1. The lowest BCUT2D eigenvalue weighted by Gasteiger charge is -2.27. The smallest absolute Gasteiger partial charge is 0.271 e. The van der Waals surface area contributed by atoms with E-state index in [1.807, 2.05) is 13.0 Å². The van der Waals surface area contributed by atoms with E-state index in [0.717, 1.165) is 17.8 Å². The van der Waals surface area contributed by atoms with Gasteiger partial charge in [-0.1, -0.05) is 30.7 Å². The van der Waals surface area contributed by atoms with Gasteiger partial charge in [0, 0.05) is 19.3 Å². The molecule has 2 aromatic rings. The molecule has 2 heterocycles. The number of carbonyl (C=O) groups excluding carboxylic acids is 1. The summed E-state index contributed by atoms with van der Waals surface area (Å²) in [5.41, 5.74) is 3.61. The van der Waals surface area contributed by atoms with Crippen LogP contribution in [-0.2, 0) is 13.1 Å². The highest BCUT2D eigenvalue weighted by molar-refractivity contribution is 5.91. The van der Waals surface area contributed by atoms with E-state index in [2.05, 4.69) is 38.4 Å². The van der Waals surface area contributed by atoms with Gasteiger partial charge in [-0.15, -0.1) is 0 Å². The first-order valence-electron chi connectivity index (χ1n) is 8.58. The van der Waals surface area contributed by atoms with Crippen LogP contribution in [0, 0.1) is 6.92 Å². The number of nitrogens with one attached hydrogen (secondary N) is 1. The van der Waals surface area contributed by atoms with Crippen LogP contribution in [0.1, 0.15) is 46.6 Å². The van der Waals surface area contributed by atoms with Crippen LogP contribution in [0.25, 0.3) is 0 Å². The predicted molar refractivity (Wildman–Crippen MR) is 93.5 cm³/mol. The summed E-state index contributed by atoms with van der Waals surface area (Å²) in [5.74, 6) is -0.185. The molecule has 1 fully saturated rings. The molecule has 1 amide bonds. The largest absolute Gasteiger partial charge is 0.347 e. The summed E-state index contributed by atoms with van der Waals surface area (Å²) in [6.45, 7) is 5.65. The maximum Gasteiger partial charge on any atom is 0.271 e. The zero-order valence-corrected chi connectivity index (χ0v) is 14.2. The van der Waals surface area contributed by atoms with Gasteiger partial charge in [-0.05, 0) is 44.0 Å². The Morgan fingerprint density at radius 1 is 1.08 bits per heavy atom. The standard InChI is InChI=1S/C19H24N4O/c1-15-11-21-18(13-20-15)19(24)22-12-16-7-3-4-8-17(16)14-23-9-5-2-6-10-23/h3-4,7-8,11,13H,2,5-6,9-10,12,14H2,1H3,(H,22,24). The second kappa shape index (κ2) is 8.02. The second-order valence-corrected chi connectivity index (χ2v) is 6.33. The Hall–Kier alpha value is -2.27. The minimum absolute atomic E-state index is 0.185. The third-order valence-corrected chi connectivity index (χ3v) is 4.41. The number of likely N-dealkylation sites (tertiary alicyclic amines) is 1. The van der Waals surface area contributed by atoms with Crippen molar-refractivity contribution >= 4 is 5.91 Å². The molecule has 0 atom stereocenters. The number of benzene rings is 1. The molecule has 0 bridgehead atoms. The molecule has 24 heavy (non-hydrogen) atoms. The molecule has 1 saturated heterocycles. The molecule has 5 nitrogen and oxygen atoms in total. The van der Waals surface area contributed by atoms with Crippen LogP contribution >= 0.6 is 0 Å². The normalized spacial score (nSPS) is 15.2. The van der Waals surface area contributed by atoms with Gasteiger partial charge >= 0.3 is 0 Å². The van der Waals surface area contributed by atoms with E-state index >= 15 is 0 Å². The summed E-state index contributed by atoms with van der Waals surface area (Å²) >= 11 is 0. The minimum atomic E-state index is -0.185. The summed E-state index contributed by atoms with van der Waals surface area (Å²) < 4.78 is 0. The molecule has 0 aliphatic carbocycles. The first-order chi connectivity index (χ1) is 11.7. The molecule has 0 radical (unpaired) electrons. The Bertz CT molecular complexity index is 678. The summed E-state index contributed by atoms with van der Waals surface area (Å²) in [7, 11) is 0. The van der Waals surface area contributed by atoms with Crippen molar-refractivity contribution in [2.75, 3.05) is 13.1 Å². The number of amides is 1. The number of hydrogen-bond donors (Lipinski definition) is 1. The van der Waals surface area contributed by atoms with Crippen molar-refractivity contribution in [3.63, 3.8) is 0 Å². The summed E-state index contributed by atoms with van der Waals surface area (Å²) in [6, 6.07) is 8.32. The van der Waals surface area contributed by atoms with Crippen molar-refractivity contribution in [2.45, 2.75) is 39.3 Å². The lowest BCUT2D eigenvalue weighted by molar-refractivity contribution is 0.0945. The lowest BCUT2D eigenvalue weighted by atomic mass is 10.0. The molecule has 1 aromatic heterocycles. The SMILES string of the molecule is Cc1cnc(C(=O)NCc2ccccc2CN2CCCCC2)cn1. The summed E-state index contributed by atoms with van der Waals surface area (Å²) in [6.07, 6.45) is 7.03. The Labute approximate surface area is 143 Å². The third kappa shape index (κ3) is 4.38. The molecule has 1 aliphatic rings.